The van der Waals surface area contributed by atoms with Crippen LogP contribution in [0.3, 0.4) is 0 Å². The molecule has 1 rings (SSSR count). The number of halogens is 2. The Hall–Kier alpha value is -0.900. The number of hydrogen-bond donors (Lipinski definition) is 1. The van der Waals surface area contributed by atoms with Gasteiger partial charge in [0.15, 0.2) is 0 Å². The lowest BCUT2D eigenvalue weighted by atomic mass is 10.2. The Kier molecular flexibility index (Phi) is 3.42. The first kappa shape index (κ1) is 10.2. The van der Waals surface area contributed by atoms with Crippen LogP contribution in [0.2, 0.25) is 0 Å². The third-order valence-corrected chi connectivity index (χ3v) is 1.86. The number of hydrogen-bond acceptors (Lipinski definition) is 2. The third kappa shape index (κ3) is 2.81. The van der Waals surface area contributed by atoms with Gasteiger partial charge in [-0.15, -0.1) is 0 Å². The van der Waals surface area contributed by atoms with Crippen molar-refractivity contribution < 1.29 is 13.2 Å². The van der Waals surface area contributed by atoms with Crippen LogP contribution in [0.1, 0.15) is 25.6 Å². The van der Waals surface area contributed by atoms with Gasteiger partial charge in [0.2, 0.25) is 0 Å². The van der Waals surface area contributed by atoms with E-state index in [1.807, 2.05) is 0 Å². The molecule has 74 valence electrons. The summed E-state index contributed by atoms with van der Waals surface area (Å²) in [5, 5.41) is 2.74. The van der Waals surface area contributed by atoms with E-state index in [9.17, 15) is 8.78 Å². The average molecular weight is 189 g/mol. The second-order valence-corrected chi connectivity index (χ2v) is 3.03. The first-order chi connectivity index (χ1) is 6.11. The van der Waals surface area contributed by atoms with E-state index in [1.54, 1.807) is 19.1 Å². The maximum Gasteiger partial charge on any atom is 0.253 e. The van der Waals surface area contributed by atoms with Crippen LogP contribution in [-0.4, -0.2) is 12.5 Å². The monoisotopic (exact) mass is 189 g/mol. The van der Waals surface area contributed by atoms with E-state index in [2.05, 4.69) is 5.32 Å². The highest BCUT2D eigenvalue weighted by Gasteiger charge is 2.18. The quantitative estimate of drug-likeness (QED) is 0.787. The second kappa shape index (κ2) is 4.37. The molecule has 1 N–H and O–H groups in total. The summed E-state index contributed by atoms with van der Waals surface area (Å²) in [5.41, 5.74) is 0. The van der Waals surface area contributed by atoms with Crippen LogP contribution in [0.15, 0.2) is 22.8 Å². The Balaban J connectivity index is 2.46. The van der Waals surface area contributed by atoms with E-state index in [-0.39, 0.29) is 6.04 Å². The van der Waals surface area contributed by atoms with Gasteiger partial charge in [-0.25, -0.2) is 8.78 Å². The minimum absolute atomic E-state index is 0.181. The minimum Gasteiger partial charge on any atom is -0.468 e. The zero-order valence-electron chi connectivity index (χ0n) is 7.63. The van der Waals surface area contributed by atoms with Gasteiger partial charge in [0.05, 0.1) is 18.3 Å². The molecule has 2 unspecified atom stereocenters. The average Bonchev–Trinajstić information content (AvgIpc) is 2.55. The Labute approximate surface area is 75.9 Å². The molecule has 0 aromatic carbocycles. The molecule has 1 aromatic heterocycles. The molecular formula is C9H13F2NO. The van der Waals surface area contributed by atoms with Crippen molar-refractivity contribution in [2.45, 2.75) is 32.4 Å². The van der Waals surface area contributed by atoms with E-state index in [4.69, 9.17) is 4.42 Å². The summed E-state index contributed by atoms with van der Waals surface area (Å²) in [6, 6.07) is 2.50. The Morgan fingerprint density at radius 1 is 1.38 bits per heavy atom. The number of alkyl halides is 2. The Morgan fingerprint density at radius 2 is 2.08 bits per heavy atom. The molecular weight excluding hydrogens is 176 g/mol. The molecule has 0 spiro atoms. The van der Waals surface area contributed by atoms with Gasteiger partial charge < -0.3 is 4.42 Å². The van der Waals surface area contributed by atoms with Crippen molar-refractivity contribution in [3.63, 3.8) is 0 Å². The van der Waals surface area contributed by atoms with Crippen LogP contribution >= 0.6 is 0 Å². The zero-order chi connectivity index (χ0) is 9.84. The highest BCUT2D eigenvalue weighted by molar-refractivity contribution is 5.03. The van der Waals surface area contributed by atoms with Gasteiger partial charge in [-0.05, 0) is 26.0 Å². The van der Waals surface area contributed by atoms with E-state index >= 15 is 0 Å². The van der Waals surface area contributed by atoms with Crippen molar-refractivity contribution in [3.05, 3.63) is 24.2 Å². The molecule has 13 heavy (non-hydrogen) atoms. The fourth-order valence-corrected chi connectivity index (χ4v) is 1.09. The van der Waals surface area contributed by atoms with Crippen molar-refractivity contribution in [2.24, 2.45) is 0 Å². The summed E-state index contributed by atoms with van der Waals surface area (Å²) < 4.78 is 29.3. The van der Waals surface area contributed by atoms with Crippen LogP contribution in [0.5, 0.6) is 0 Å². The molecule has 0 aliphatic carbocycles. The normalized spacial score (nSPS) is 16.1. The molecule has 0 aliphatic rings. The van der Waals surface area contributed by atoms with E-state index in [0.717, 1.165) is 0 Å². The van der Waals surface area contributed by atoms with Crippen LogP contribution < -0.4 is 5.32 Å². The number of furan rings is 1. The summed E-state index contributed by atoms with van der Waals surface area (Å²) in [6.45, 7) is 3.24. The summed E-state index contributed by atoms with van der Waals surface area (Å²) >= 11 is 0. The molecule has 0 bridgehead atoms. The number of nitrogens with one attached hydrogen (secondary N) is 1. The van der Waals surface area contributed by atoms with Gasteiger partial charge >= 0.3 is 0 Å². The highest BCUT2D eigenvalue weighted by atomic mass is 19.3. The molecule has 1 heterocycles. The lowest BCUT2D eigenvalue weighted by Gasteiger charge is -2.17. The molecule has 0 saturated heterocycles. The molecule has 0 saturated carbocycles. The summed E-state index contributed by atoms with van der Waals surface area (Å²) in [5.74, 6) is 0.674. The van der Waals surface area contributed by atoms with E-state index in [1.165, 1.54) is 13.2 Å². The van der Waals surface area contributed by atoms with E-state index in [0.29, 0.717) is 5.76 Å². The van der Waals surface area contributed by atoms with Crippen LogP contribution in [0.4, 0.5) is 8.78 Å². The molecule has 2 atom stereocenters. The molecule has 4 heteroatoms. The minimum atomic E-state index is -2.35. The van der Waals surface area contributed by atoms with E-state index < -0.39 is 12.5 Å². The molecule has 0 radical (unpaired) electrons. The first-order valence-corrected chi connectivity index (χ1v) is 4.19. The summed E-state index contributed by atoms with van der Waals surface area (Å²) in [6.07, 6.45) is -0.821. The molecule has 1 aromatic rings. The highest BCUT2D eigenvalue weighted by Crippen LogP contribution is 2.14. The van der Waals surface area contributed by atoms with Gasteiger partial charge in [-0.3, -0.25) is 5.32 Å². The SMILES string of the molecule is CC(NC(C)C(F)F)c1ccco1. The van der Waals surface area contributed by atoms with Gasteiger partial charge in [0, 0.05) is 0 Å². The van der Waals surface area contributed by atoms with Crippen LogP contribution in [0.25, 0.3) is 0 Å². The standard InChI is InChI=1S/C9H13F2NO/c1-6(8-4-3-5-13-8)12-7(2)9(10)11/h3-7,9,12H,1-2H3. The van der Waals surface area contributed by atoms with Gasteiger partial charge in [-0.1, -0.05) is 0 Å². The van der Waals surface area contributed by atoms with Crippen LogP contribution in [0, 0.1) is 0 Å². The molecule has 0 fully saturated rings. The number of rotatable bonds is 4. The first-order valence-electron chi connectivity index (χ1n) is 4.19. The van der Waals surface area contributed by atoms with Gasteiger partial charge in [0.25, 0.3) is 6.43 Å². The van der Waals surface area contributed by atoms with Crippen LogP contribution in [-0.2, 0) is 0 Å². The van der Waals surface area contributed by atoms with Gasteiger partial charge in [0.1, 0.15) is 5.76 Å². The summed E-state index contributed by atoms with van der Waals surface area (Å²) in [4.78, 5) is 0. The van der Waals surface area contributed by atoms with Crippen molar-refractivity contribution in [1.29, 1.82) is 0 Å². The lowest BCUT2D eigenvalue weighted by Crippen LogP contribution is -2.34. The predicted octanol–water partition coefficient (Wildman–Crippen LogP) is 2.58. The topological polar surface area (TPSA) is 25.2 Å². The second-order valence-electron chi connectivity index (χ2n) is 3.03. The maximum absolute atomic E-state index is 12.1. The zero-order valence-corrected chi connectivity index (χ0v) is 7.63. The fraction of sp³-hybridized carbons (Fsp3) is 0.556. The van der Waals surface area contributed by atoms with Crippen molar-refractivity contribution in [3.8, 4) is 0 Å². The smallest absolute Gasteiger partial charge is 0.253 e. The molecule has 0 aliphatic heterocycles. The van der Waals surface area contributed by atoms with Crippen molar-refractivity contribution in [1.82, 2.24) is 5.32 Å². The fourth-order valence-electron chi connectivity index (χ4n) is 1.09. The predicted molar refractivity (Wildman–Crippen MR) is 45.7 cm³/mol. The Bertz CT molecular complexity index is 236. The van der Waals surface area contributed by atoms with Gasteiger partial charge in [-0.2, -0.15) is 0 Å². The lowest BCUT2D eigenvalue weighted by molar-refractivity contribution is 0.0994. The Morgan fingerprint density at radius 3 is 2.54 bits per heavy atom. The molecule has 2 nitrogen and oxygen atoms in total. The molecule has 0 amide bonds. The largest absolute Gasteiger partial charge is 0.468 e. The van der Waals surface area contributed by atoms with Crippen molar-refractivity contribution >= 4 is 0 Å². The van der Waals surface area contributed by atoms with Crippen molar-refractivity contribution in [2.75, 3.05) is 0 Å². The maximum atomic E-state index is 12.1. The summed E-state index contributed by atoms with van der Waals surface area (Å²) in [7, 11) is 0. The third-order valence-electron chi connectivity index (χ3n) is 1.86.